The molecule has 5 heteroatoms. The standard InChI is InChI=1S/C19H19NO4/c1-13-10-14-6-3-4-9-17(14)20(13)18(21)12-24-16-8-5-7-15(11-16)19(22)23-2/h3-9,11,13H,10,12H2,1-2H3/t13-/m1/s1. The van der Waals surface area contributed by atoms with Gasteiger partial charge in [-0.3, -0.25) is 4.79 Å². The van der Waals surface area contributed by atoms with E-state index in [1.54, 1.807) is 29.2 Å². The zero-order valence-electron chi connectivity index (χ0n) is 13.7. The number of benzene rings is 2. The van der Waals surface area contributed by atoms with E-state index in [1.807, 2.05) is 31.2 Å². The molecule has 124 valence electrons. The number of carbonyl (C=O) groups is 2. The van der Waals surface area contributed by atoms with E-state index in [0.717, 1.165) is 12.1 Å². The highest BCUT2D eigenvalue weighted by Crippen LogP contribution is 2.31. The van der Waals surface area contributed by atoms with Crippen molar-refractivity contribution in [3.05, 3.63) is 59.7 Å². The maximum atomic E-state index is 12.6. The van der Waals surface area contributed by atoms with Crippen molar-refractivity contribution >= 4 is 17.6 Å². The number of methoxy groups -OCH3 is 1. The zero-order valence-corrected chi connectivity index (χ0v) is 13.7. The summed E-state index contributed by atoms with van der Waals surface area (Å²) in [6.07, 6.45) is 0.847. The second-order valence-corrected chi connectivity index (χ2v) is 5.75. The second-order valence-electron chi connectivity index (χ2n) is 5.75. The van der Waals surface area contributed by atoms with Crippen LogP contribution in [0.15, 0.2) is 48.5 Å². The Morgan fingerprint density at radius 2 is 1.96 bits per heavy atom. The van der Waals surface area contributed by atoms with E-state index < -0.39 is 5.97 Å². The summed E-state index contributed by atoms with van der Waals surface area (Å²) < 4.78 is 10.3. The first-order valence-corrected chi connectivity index (χ1v) is 7.81. The predicted octanol–water partition coefficient (Wildman–Crippen LogP) is 2.83. The van der Waals surface area contributed by atoms with Gasteiger partial charge in [0.1, 0.15) is 5.75 Å². The Morgan fingerprint density at radius 3 is 2.75 bits per heavy atom. The minimum atomic E-state index is -0.436. The summed E-state index contributed by atoms with van der Waals surface area (Å²) in [5, 5.41) is 0. The summed E-state index contributed by atoms with van der Waals surface area (Å²) >= 11 is 0. The molecule has 1 aliphatic rings. The Morgan fingerprint density at radius 1 is 1.17 bits per heavy atom. The summed E-state index contributed by atoms with van der Waals surface area (Å²) in [5.74, 6) is -0.0730. The Balaban J connectivity index is 1.69. The molecule has 0 aliphatic carbocycles. The molecule has 0 saturated heterocycles. The minimum Gasteiger partial charge on any atom is -0.484 e. The van der Waals surface area contributed by atoms with Crippen LogP contribution in [0.3, 0.4) is 0 Å². The number of ether oxygens (including phenoxy) is 2. The number of anilines is 1. The molecule has 0 spiro atoms. The summed E-state index contributed by atoms with van der Waals surface area (Å²) in [6, 6.07) is 14.6. The van der Waals surface area contributed by atoms with Crippen LogP contribution < -0.4 is 9.64 Å². The first-order valence-electron chi connectivity index (χ1n) is 7.81. The Bertz CT molecular complexity index is 771. The molecule has 0 saturated carbocycles. The normalized spacial score (nSPS) is 15.8. The van der Waals surface area contributed by atoms with Crippen LogP contribution in [0.2, 0.25) is 0 Å². The number of esters is 1. The van der Waals surface area contributed by atoms with Gasteiger partial charge in [-0.2, -0.15) is 0 Å². The van der Waals surface area contributed by atoms with Gasteiger partial charge in [-0.1, -0.05) is 24.3 Å². The number of para-hydroxylation sites is 1. The van der Waals surface area contributed by atoms with Crippen LogP contribution in [-0.2, 0) is 16.0 Å². The van der Waals surface area contributed by atoms with Gasteiger partial charge in [-0.15, -0.1) is 0 Å². The first-order chi connectivity index (χ1) is 11.6. The highest BCUT2D eigenvalue weighted by molar-refractivity contribution is 5.97. The largest absolute Gasteiger partial charge is 0.484 e. The third-order valence-electron chi connectivity index (χ3n) is 4.09. The highest BCUT2D eigenvalue weighted by atomic mass is 16.5. The van der Waals surface area contributed by atoms with Crippen molar-refractivity contribution < 1.29 is 19.1 Å². The molecular weight excluding hydrogens is 306 g/mol. The quantitative estimate of drug-likeness (QED) is 0.811. The Hall–Kier alpha value is -2.82. The smallest absolute Gasteiger partial charge is 0.337 e. The summed E-state index contributed by atoms with van der Waals surface area (Å²) in [5.41, 5.74) is 2.51. The fourth-order valence-electron chi connectivity index (χ4n) is 2.99. The van der Waals surface area contributed by atoms with Crippen LogP contribution in [0.1, 0.15) is 22.8 Å². The molecule has 0 bridgehead atoms. The molecule has 1 aliphatic heterocycles. The molecule has 1 atom stereocenters. The second kappa shape index (κ2) is 6.74. The van der Waals surface area contributed by atoms with Crippen molar-refractivity contribution in [2.24, 2.45) is 0 Å². The lowest BCUT2D eigenvalue weighted by atomic mass is 10.1. The van der Waals surface area contributed by atoms with Gasteiger partial charge in [0.2, 0.25) is 0 Å². The zero-order chi connectivity index (χ0) is 17.1. The van der Waals surface area contributed by atoms with Crippen molar-refractivity contribution in [1.82, 2.24) is 0 Å². The number of amides is 1. The van der Waals surface area contributed by atoms with E-state index in [1.165, 1.54) is 12.7 Å². The van der Waals surface area contributed by atoms with Gasteiger partial charge in [0.15, 0.2) is 6.61 Å². The predicted molar refractivity (Wildman–Crippen MR) is 90.4 cm³/mol. The molecule has 2 aromatic rings. The SMILES string of the molecule is COC(=O)c1cccc(OCC(=O)N2c3ccccc3C[C@H]2C)c1. The third kappa shape index (κ3) is 3.11. The van der Waals surface area contributed by atoms with Crippen molar-refractivity contribution in [2.45, 2.75) is 19.4 Å². The van der Waals surface area contributed by atoms with Gasteiger partial charge in [0.25, 0.3) is 5.91 Å². The molecule has 2 aromatic carbocycles. The minimum absolute atomic E-state index is 0.0801. The van der Waals surface area contributed by atoms with Crippen molar-refractivity contribution in [1.29, 1.82) is 0 Å². The van der Waals surface area contributed by atoms with Crippen LogP contribution in [0.25, 0.3) is 0 Å². The van der Waals surface area contributed by atoms with E-state index in [2.05, 4.69) is 4.74 Å². The third-order valence-corrected chi connectivity index (χ3v) is 4.09. The van der Waals surface area contributed by atoms with Crippen LogP contribution in [0, 0.1) is 0 Å². The van der Waals surface area contributed by atoms with Crippen molar-refractivity contribution in [3.8, 4) is 5.75 Å². The molecule has 0 fully saturated rings. The fourth-order valence-corrected chi connectivity index (χ4v) is 2.99. The first kappa shape index (κ1) is 16.1. The fraction of sp³-hybridized carbons (Fsp3) is 0.263. The molecule has 1 amide bonds. The Kier molecular flexibility index (Phi) is 4.51. The number of hydrogen-bond acceptors (Lipinski definition) is 4. The van der Waals surface area contributed by atoms with Gasteiger partial charge < -0.3 is 14.4 Å². The lowest BCUT2D eigenvalue weighted by molar-refractivity contribution is -0.120. The maximum Gasteiger partial charge on any atom is 0.337 e. The molecule has 0 aromatic heterocycles. The van der Waals surface area contributed by atoms with E-state index in [4.69, 9.17) is 4.74 Å². The maximum absolute atomic E-state index is 12.6. The molecule has 5 nitrogen and oxygen atoms in total. The molecular formula is C19H19NO4. The average Bonchev–Trinajstić information content (AvgIpc) is 2.95. The summed E-state index contributed by atoms with van der Waals surface area (Å²) in [4.78, 5) is 25.9. The van der Waals surface area contributed by atoms with E-state index in [9.17, 15) is 9.59 Å². The summed E-state index contributed by atoms with van der Waals surface area (Å²) in [6.45, 7) is 1.94. The van der Waals surface area contributed by atoms with Gasteiger partial charge in [-0.05, 0) is 43.2 Å². The van der Waals surface area contributed by atoms with Gasteiger partial charge in [0.05, 0.1) is 12.7 Å². The molecule has 0 N–H and O–H groups in total. The van der Waals surface area contributed by atoms with E-state index in [0.29, 0.717) is 11.3 Å². The van der Waals surface area contributed by atoms with E-state index in [-0.39, 0.29) is 18.6 Å². The van der Waals surface area contributed by atoms with Crippen LogP contribution in [-0.4, -0.2) is 31.6 Å². The number of nitrogens with zero attached hydrogens (tertiary/aromatic N) is 1. The lowest BCUT2D eigenvalue weighted by Gasteiger charge is -2.22. The number of rotatable bonds is 4. The van der Waals surface area contributed by atoms with Gasteiger partial charge >= 0.3 is 5.97 Å². The molecule has 1 heterocycles. The molecule has 0 radical (unpaired) electrons. The number of hydrogen-bond donors (Lipinski definition) is 0. The number of fused-ring (bicyclic) bond motifs is 1. The lowest BCUT2D eigenvalue weighted by Crippen LogP contribution is -2.39. The van der Waals surface area contributed by atoms with Crippen LogP contribution >= 0.6 is 0 Å². The topological polar surface area (TPSA) is 55.8 Å². The van der Waals surface area contributed by atoms with E-state index >= 15 is 0 Å². The van der Waals surface area contributed by atoms with Gasteiger partial charge in [0, 0.05) is 11.7 Å². The molecule has 24 heavy (non-hydrogen) atoms. The number of carbonyl (C=O) groups excluding carboxylic acids is 2. The van der Waals surface area contributed by atoms with Crippen LogP contribution in [0.4, 0.5) is 5.69 Å². The molecule has 3 rings (SSSR count). The van der Waals surface area contributed by atoms with Gasteiger partial charge in [-0.25, -0.2) is 4.79 Å². The van der Waals surface area contributed by atoms with Crippen molar-refractivity contribution in [3.63, 3.8) is 0 Å². The Labute approximate surface area is 140 Å². The van der Waals surface area contributed by atoms with Crippen molar-refractivity contribution in [2.75, 3.05) is 18.6 Å². The highest BCUT2D eigenvalue weighted by Gasteiger charge is 2.30. The average molecular weight is 325 g/mol. The monoisotopic (exact) mass is 325 g/mol. The van der Waals surface area contributed by atoms with Crippen LogP contribution in [0.5, 0.6) is 5.75 Å². The summed E-state index contributed by atoms with van der Waals surface area (Å²) in [7, 11) is 1.32. The molecule has 0 unspecified atom stereocenters.